The number of rotatable bonds is 6. The first kappa shape index (κ1) is 15.6. The molecule has 0 unspecified atom stereocenters. The van der Waals surface area contributed by atoms with Crippen LogP contribution in [0.2, 0.25) is 0 Å². The van der Waals surface area contributed by atoms with Crippen LogP contribution in [0.3, 0.4) is 0 Å². The third-order valence-corrected chi connectivity index (χ3v) is 2.99. The van der Waals surface area contributed by atoms with Crippen LogP contribution in [0, 0.1) is 0 Å². The molecule has 1 aromatic heterocycles. The molecule has 0 spiro atoms. The minimum absolute atomic E-state index is 0.0491. The summed E-state index contributed by atoms with van der Waals surface area (Å²) in [5.74, 6) is -0.389. The molecule has 0 aliphatic rings. The smallest absolute Gasteiger partial charge is 0.339 e. The number of carboxylic acid groups (broad SMARTS) is 1. The van der Waals surface area contributed by atoms with Crippen molar-refractivity contribution < 1.29 is 24.1 Å². The van der Waals surface area contributed by atoms with Crippen molar-refractivity contribution in [3.05, 3.63) is 35.4 Å². The zero-order valence-electron chi connectivity index (χ0n) is 12.5. The van der Waals surface area contributed by atoms with Crippen LogP contribution in [-0.2, 0) is 6.42 Å². The molecule has 0 saturated heterocycles. The molecule has 0 radical (unpaired) electrons. The Morgan fingerprint density at radius 1 is 1.18 bits per heavy atom. The molecule has 22 heavy (non-hydrogen) atoms. The van der Waals surface area contributed by atoms with E-state index in [0.717, 1.165) is 0 Å². The number of nitrogens with zero attached hydrogens (tertiary/aromatic N) is 2. The van der Waals surface area contributed by atoms with E-state index in [9.17, 15) is 9.90 Å². The molecule has 0 atom stereocenters. The average molecular weight is 304 g/mol. The van der Waals surface area contributed by atoms with Crippen molar-refractivity contribution in [1.29, 1.82) is 0 Å². The van der Waals surface area contributed by atoms with Gasteiger partial charge in [0.2, 0.25) is 11.8 Å². The van der Waals surface area contributed by atoms with Gasteiger partial charge < -0.3 is 19.3 Å². The highest BCUT2D eigenvalue weighted by molar-refractivity contribution is 5.92. The number of ether oxygens (including phenoxy) is 3. The zero-order valence-corrected chi connectivity index (χ0v) is 12.5. The van der Waals surface area contributed by atoms with E-state index in [1.165, 1.54) is 20.3 Å². The van der Waals surface area contributed by atoms with E-state index >= 15 is 0 Å². The second-order valence-corrected chi connectivity index (χ2v) is 4.29. The molecule has 0 aliphatic heterocycles. The van der Waals surface area contributed by atoms with Gasteiger partial charge in [0.1, 0.15) is 11.3 Å². The Labute approximate surface area is 127 Å². The van der Waals surface area contributed by atoms with Gasteiger partial charge in [0, 0.05) is 0 Å². The van der Waals surface area contributed by atoms with Crippen LogP contribution in [-0.4, -0.2) is 35.3 Å². The van der Waals surface area contributed by atoms with Crippen LogP contribution in [0.5, 0.6) is 23.5 Å². The van der Waals surface area contributed by atoms with Crippen molar-refractivity contribution >= 4 is 5.97 Å². The predicted molar refractivity (Wildman–Crippen MR) is 78.0 cm³/mol. The molecule has 1 heterocycles. The van der Waals surface area contributed by atoms with Crippen molar-refractivity contribution in [3.63, 3.8) is 0 Å². The summed E-state index contributed by atoms with van der Waals surface area (Å²) in [5.41, 5.74) is 0.759. The van der Waals surface area contributed by atoms with E-state index in [2.05, 4.69) is 9.97 Å². The van der Waals surface area contributed by atoms with Crippen LogP contribution in [0.25, 0.3) is 0 Å². The molecule has 0 bridgehead atoms. The fraction of sp³-hybridized carbons (Fsp3) is 0.267. The Morgan fingerprint density at radius 3 is 2.32 bits per heavy atom. The summed E-state index contributed by atoms with van der Waals surface area (Å²) in [5, 5.41) is 9.39. The molecule has 1 aromatic carbocycles. The summed E-state index contributed by atoms with van der Waals surface area (Å²) in [6.45, 7) is 1.87. The highest BCUT2D eigenvalue weighted by Gasteiger charge is 2.18. The van der Waals surface area contributed by atoms with Crippen molar-refractivity contribution in [1.82, 2.24) is 9.97 Å². The summed E-state index contributed by atoms with van der Waals surface area (Å²) in [6, 6.07) is 6.46. The van der Waals surface area contributed by atoms with Gasteiger partial charge in [0.05, 0.1) is 20.3 Å². The van der Waals surface area contributed by atoms with E-state index in [0.29, 0.717) is 12.0 Å². The van der Waals surface area contributed by atoms with E-state index in [1.54, 1.807) is 18.2 Å². The van der Waals surface area contributed by atoms with Crippen LogP contribution >= 0.6 is 0 Å². The number of aromatic nitrogens is 2. The highest BCUT2D eigenvalue weighted by Crippen LogP contribution is 2.28. The number of methoxy groups -OCH3 is 2. The number of hydrogen-bond donors (Lipinski definition) is 1. The summed E-state index contributed by atoms with van der Waals surface area (Å²) >= 11 is 0. The number of carbonyl (C=O) groups is 1. The number of benzene rings is 1. The monoisotopic (exact) mass is 304 g/mol. The molecule has 0 aliphatic carbocycles. The third-order valence-electron chi connectivity index (χ3n) is 2.99. The molecule has 0 fully saturated rings. The standard InChI is InChI=1S/C15H16N2O5/c1-4-9-6-5-7-10(13(9)14(18)19)22-15-16-11(20-2)8-12(17-15)21-3/h5-8H,4H2,1-3H3,(H,18,19). The van der Waals surface area contributed by atoms with Gasteiger partial charge in [-0.25, -0.2) is 4.79 Å². The molecule has 2 aromatic rings. The van der Waals surface area contributed by atoms with Crippen molar-refractivity contribution in [2.75, 3.05) is 14.2 Å². The summed E-state index contributed by atoms with van der Waals surface area (Å²) in [6.07, 6.45) is 0.571. The summed E-state index contributed by atoms with van der Waals surface area (Å²) in [7, 11) is 2.90. The van der Waals surface area contributed by atoms with E-state index in [1.807, 2.05) is 6.92 Å². The highest BCUT2D eigenvalue weighted by atomic mass is 16.5. The molecule has 116 valence electrons. The zero-order chi connectivity index (χ0) is 16.1. The second-order valence-electron chi connectivity index (χ2n) is 4.29. The lowest BCUT2D eigenvalue weighted by atomic mass is 10.0. The van der Waals surface area contributed by atoms with Crippen LogP contribution < -0.4 is 14.2 Å². The van der Waals surface area contributed by atoms with Gasteiger partial charge in [-0.05, 0) is 18.1 Å². The molecular formula is C15H16N2O5. The van der Waals surface area contributed by atoms with Crippen molar-refractivity contribution in [2.45, 2.75) is 13.3 Å². The summed E-state index contributed by atoms with van der Waals surface area (Å²) < 4.78 is 15.6. The number of carboxylic acids is 1. The second kappa shape index (κ2) is 6.75. The Hall–Kier alpha value is -2.83. The average Bonchev–Trinajstić information content (AvgIpc) is 2.53. The largest absolute Gasteiger partial charge is 0.481 e. The molecule has 7 nitrogen and oxygen atoms in total. The van der Waals surface area contributed by atoms with Crippen molar-refractivity contribution in [3.8, 4) is 23.5 Å². The molecular weight excluding hydrogens is 288 g/mol. The maximum Gasteiger partial charge on any atom is 0.339 e. The van der Waals surface area contributed by atoms with Gasteiger partial charge in [0.25, 0.3) is 0 Å². The van der Waals surface area contributed by atoms with Crippen LogP contribution in [0.15, 0.2) is 24.3 Å². The maximum absolute atomic E-state index is 11.5. The van der Waals surface area contributed by atoms with Crippen molar-refractivity contribution in [2.24, 2.45) is 0 Å². The van der Waals surface area contributed by atoms with Gasteiger partial charge in [0.15, 0.2) is 0 Å². The molecule has 0 saturated carbocycles. The van der Waals surface area contributed by atoms with E-state index < -0.39 is 5.97 Å². The third kappa shape index (κ3) is 3.25. The lowest BCUT2D eigenvalue weighted by Gasteiger charge is -2.11. The first-order valence-electron chi connectivity index (χ1n) is 6.59. The van der Waals surface area contributed by atoms with E-state index in [4.69, 9.17) is 14.2 Å². The van der Waals surface area contributed by atoms with Gasteiger partial charge in [-0.2, -0.15) is 9.97 Å². The number of aryl methyl sites for hydroxylation is 1. The predicted octanol–water partition coefficient (Wildman–Crippen LogP) is 2.55. The van der Waals surface area contributed by atoms with E-state index in [-0.39, 0.29) is 29.1 Å². The van der Waals surface area contributed by atoms with Gasteiger partial charge >= 0.3 is 12.0 Å². The number of aromatic carboxylic acids is 1. The Morgan fingerprint density at radius 2 is 1.82 bits per heavy atom. The van der Waals surface area contributed by atoms with Gasteiger partial charge in [-0.15, -0.1) is 0 Å². The fourth-order valence-corrected chi connectivity index (χ4v) is 1.94. The Bertz CT molecular complexity index is 665. The first-order valence-corrected chi connectivity index (χ1v) is 6.59. The molecule has 0 amide bonds. The minimum Gasteiger partial charge on any atom is -0.481 e. The van der Waals surface area contributed by atoms with Crippen LogP contribution in [0.4, 0.5) is 0 Å². The van der Waals surface area contributed by atoms with Gasteiger partial charge in [-0.1, -0.05) is 19.1 Å². The number of hydrogen-bond acceptors (Lipinski definition) is 6. The summed E-state index contributed by atoms with van der Waals surface area (Å²) in [4.78, 5) is 19.5. The molecule has 1 N–H and O–H groups in total. The topological polar surface area (TPSA) is 90.8 Å². The lowest BCUT2D eigenvalue weighted by Crippen LogP contribution is -2.06. The fourth-order valence-electron chi connectivity index (χ4n) is 1.94. The Balaban J connectivity index is 2.45. The lowest BCUT2D eigenvalue weighted by molar-refractivity contribution is 0.0693. The maximum atomic E-state index is 11.5. The minimum atomic E-state index is -1.07. The molecule has 2 rings (SSSR count). The SMILES string of the molecule is CCc1cccc(Oc2nc(OC)cc(OC)n2)c1C(=O)O. The quantitative estimate of drug-likeness (QED) is 0.876. The van der Waals surface area contributed by atoms with Gasteiger partial charge in [-0.3, -0.25) is 0 Å². The Kier molecular flexibility index (Phi) is 4.77. The molecule has 7 heteroatoms. The first-order chi connectivity index (χ1) is 10.6. The van der Waals surface area contributed by atoms with Crippen LogP contribution in [0.1, 0.15) is 22.8 Å². The normalized spacial score (nSPS) is 10.1.